The van der Waals surface area contributed by atoms with Crippen molar-refractivity contribution in [2.24, 2.45) is 5.73 Å². The minimum Gasteiger partial charge on any atom is -0.381 e. The van der Waals surface area contributed by atoms with E-state index in [9.17, 15) is 4.79 Å². The number of amides is 1. The summed E-state index contributed by atoms with van der Waals surface area (Å²) in [5.74, 6) is 0. The molecule has 0 aliphatic heterocycles. The van der Waals surface area contributed by atoms with Gasteiger partial charge in [0, 0.05) is 13.1 Å². The third-order valence-corrected chi connectivity index (χ3v) is 2.15. The molecule has 0 radical (unpaired) electrons. The molecule has 0 aliphatic rings. The van der Waals surface area contributed by atoms with Crippen LogP contribution in [0.3, 0.4) is 0 Å². The van der Waals surface area contributed by atoms with E-state index in [2.05, 4.69) is 15.7 Å². The van der Waals surface area contributed by atoms with E-state index in [1.165, 1.54) is 0 Å². The molecule has 0 atom stereocenters. The van der Waals surface area contributed by atoms with E-state index in [1.807, 2.05) is 13.8 Å². The van der Waals surface area contributed by atoms with Gasteiger partial charge in [0.2, 0.25) is 6.41 Å². The lowest BCUT2D eigenvalue weighted by atomic mass is 10.3. The molecule has 1 rings (SSSR count). The van der Waals surface area contributed by atoms with E-state index < -0.39 is 0 Å². The summed E-state index contributed by atoms with van der Waals surface area (Å²) in [5, 5.41) is 10.1. The van der Waals surface area contributed by atoms with Gasteiger partial charge in [0.05, 0.1) is 17.1 Å². The molecule has 0 unspecified atom stereocenters. The second-order valence-corrected chi connectivity index (χ2v) is 3.24. The first kappa shape index (κ1) is 11.5. The Hall–Kier alpha value is -1.56. The lowest BCUT2D eigenvalue weighted by Crippen LogP contribution is -2.18. The molecule has 0 aliphatic carbocycles. The second kappa shape index (κ2) is 5.35. The van der Waals surface area contributed by atoms with E-state index in [1.54, 1.807) is 4.68 Å². The van der Waals surface area contributed by atoms with Gasteiger partial charge in [-0.15, -0.1) is 0 Å². The van der Waals surface area contributed by atoms with E-state index in [4.69, 9.17) is 5.73 Å². The number of rotatable bonds is 6. The zero-order chi connectivity index (χ0) is 11.3. The van der Waals surface area contributed by atoms with Crippen molar-refractivity contribution in [1.82, 2.24) is 15.1 Å². The van der Waals surface area contributed by atoms with Crippen LogP contribution in [0.2, 0.25) is 0 Å². The number of carbonyl (C=O) groups is 1. The van der Waals surface area contributed by atoms with Gasteiger partial charge in [-0.25, -0.2) is 4.68 Å². The summed E-state index contributed by atoms with van der Waals surface area (Å²) in [7, 11) is 0. The van der Waals surface area contributed by atoms with Crippen molar-refractivity contribution < 1.29 is 4.79 Å². The number of hydrogen-bond donors (Lipinski definition) is 3. The van der Waals surface area contributed by atoms with Crippen molar-refractivity contribution in [1.29, 1.82) is 0 Å². The highest BCUT2D eigenvalue weighted by Gasteiger charge is 2.09. The molecule has 0 saturated heterocycles. The van der Waals surface area contributed by atoms with Gasteiger partial charge in [-0.2, -0.15) is 5.10 Å². The Morgan fingerprint density at radius 1 is 1.53 bits per heavy atom. The minimum atomic E-state index is 0.389. The van der Waals surface area contributed by atoms with Crippen molar-refractivity contribution in [3.63, 3.8) is 0 Å². The molecule has 0 spiro atoms. The Balaban J connectivity index is 2.78. The number of aromatic nitrogens is 2. The SMILES string of the molecule is Cc1nn(CNC=O)c(C)c1NCCN. The molecule has 1 aromatic heterocycles. The number of nitrogens with one attached hydrogen (secondary N) is 2. The molecule has 6 heteroatoms. The predicted octanol–water partition coefficient (Wildman–Crippen LogP) is -0.426. The fourth-order valence-electron chi connectivity index (χ4n) is 1.43. The summed E-state index contributed by atoms with van der Waals surface area (Å²) in [6, 6.07) is 0. The molecular formula is C9H17N5O. The summed E-state index contributed by atoms with van der Waals surface area (Å²) >= 11 is 0. The molecule has 4 N–H and O–H groups in total. The van der Waals surface area contributed by atoms with Gasteiger partial charge in [-0.3, -0.25) is 4.79 Å². The summed E-state index contributed by atoms with van der Waals surface area (Å²) in [4.78, 5) is 10.2. The van der Waals surface area contributed by atoms with Crippen LogP contribution in [0.15, 0.2) is 0 Å². The summed E-state index contributed by atoms with van der Waals surface area (Å²) in [6.45, 7) is 5.56. The molecule has 0 saturated carbocycles. The van der Waals surface area contributed by atoms with Gasteiger partial charge in [0.25, 0.3) is 0 Å². The maximum atomic E-state index is 10.2. The Kier molecular flexibility index (Phi) is 4.11. The lowest BCUT2D eigenvalue weighted by Gasteiger charge is -2.05. The third-order valence-electron chi connectivity index (χ3n) is 2.15. The van der Waals surface area contributed by atoms with Gasteiger partial charge < -0.3 is 16.4 Å². The first-order valence-corrected chi connectivity index (χ1v) is 4.85. The zero-order valence-electron chi connectivity index (χ0n) is 9.08. The highest BCUT2D eigenvalue weighted by atomic mass is 16.1. The number of aryl methyl sites for hydroxylation is 1. The summed E-state index contributed by atoms with van der Waals surface area (Å²) < 4.78 is 1.74. The zero-order valence-corrected chi connectivity index (χ0v) is 9.08. The first-order chi connectivity index (χ1) is 7.20. The number of nitrogens with two attached hydrogens (primary N) is 1. The molecule has 0 fully saturated rings. The van der Waals surface area contributed by atoms with Crippen LogP contribution in [-0.4, -0.2) is 29.3 Å². The lowest BCUT2D eigenvalue weighted by molar-refractivity contribution is -0.110. The topological polar surface area (TPSA) is 85.0 Å². The summed E-state index contributed by atoms with van der Waals surface area (Å²) in [5.41, 5.74) is 8.32. The largest absolute Gasteiger partial charge is 0.381 e. The predicted molar refractivity (Wildman–Crippen MR) is 58.4 cm³/mol. The van der Waals surface area contributed by atoms with Crippen LogP contribution in [0.5, 0.6) is 0 Å². The number of anilines is 1. The van der Waals surface area contributed by atoms with Crippen molar-refractivity contribution in [2.45, 2.75) is 20.5 Å². The van der Waals surface area contributed by atoms with Crippen LogP contribution < -0.4 is 16.4 Å². The van der Waals surface area contributed by atoms with Crippen molar-refractivity contribution >= 4 is 12.1 Å². The van der Waals surface area contributed by atoms with E-state index in [-0.39, 0.29) is 0 Å². The first-order valence-electron chi connectivity index (χ1n) is 4.85. The van der Waals surface area contributed by atoms with Gasteiger partial charge in [-0.05, 0) is 13.8 Å². The van der Waals surface area contributed by atoms with Crippen LogP contribution in [0.1, 0.15) is 11.4 Å². The average Bonchev–Trinajstić information content (AvgIpc) is 2.49. The molecule has 1 aromatic rings. The Bertz CT molecular complexity index is 333. The van der Waals surface area contributed by atoms with Crippen LogP contribution in [-0.2, 0) is 11.5 Å². The van der Waals surface area contributed by atoms with E-state index in [0.717, 1.165) is 17.1 Å². The highest BCUT2D eigenvalue weighted by Crippen LogP contribution is 2.18. The molecule has 1 heterocycles. The number of nitrogens with zero attached hydrogens (tertiary/aromatic N) is 2. The van der Waals surface area contributed by atoms with Gasteiger partial charge in [0.15, 0.2) is 0 Å². The Labute approximate surface area is 88.8 Å². The molecule has 1 amide bonds. The van der Waals surface area contributed by atoms with Crippen LogP contribution >= 0.6 is 0 Å². The maximum Gasteiger partial charge on any atom is 0.208 e. The normalized spacial score (nSPS) is 10.1. The van der Waals surface area contributed by atoms with Crippen LogP contribution in [0.25, 0.3) is 0 Å². The maximum absolute atomic E-state index is 10.2. The molecular weight excluding hydrogens is 194 g/mol. The number of carbonyl (C=O) groups excluding carboxylic acids is 1. The van der Waals surface area contributed by atoms with Crippen molar-refractivity contribution in [3.05, 3.63) is 11.4 Å². The quantitative estimate of drug-likeness (QED) is 0.558. The monoisotopic (exact) mass is 211 g/mol. The van der Waals surface area contributed by atoms with Gasteiger partial charge in [-0.1, -0.05) is 0 Å². The summed E-state index contributed by atoms with van der Waals surface area (Å²) in [6.07, 6.45) is 0.656. The molecule has 0 bridgehead atoms. The van der Waals surface area contributed by atoms with E-state index >= 15 is 0 Å². The van der Waals surface area contributed by atoms with Crippen molar-refractivity contribution in [2.75, 3.05) is 18.4 Å². The third kappa shape index (κ3) is 2.69. The minimum absolute atomic E-state index is 0.389. The molecule has 0 aromatic carbocycles. The van der Waals surface area contributed by atoms with Gasteiger partial charge >= 0.3 is 0 Å². The molecule has 84 valence electrons. The van der Waals surface area contributed by atoms with Crippen molar-refractivity contribution in [3.8, 4) is 0 Å². The molecule has 15 heavy (non-hydrogen) atoms. The van der Waals surface area contributed by atoms with Crippen LogP contribution in [0, 0.1) is 13.8 Å². The van der Waals surface area contributed by atoms with Crippen LogP contribution in [0.4, 0.5) is 5.69 Å². The fraction of sp³-hybridized carbons (Fsp3) is 0.556. The Morgan fingerprint density at radius 2 is 2.27 bits per heavy atom. The molecule has 6 nitrogen and oxygen atoms in total. The smallest absolute Gasteiger partial charge is 0.208 e. The van der Waals surface area contributed by atoms with E-state index in [0.29, 0.717) is 26.2 Å². The average molecular weight is 211 g/mol. The number of hydrogen-bond acceptors (Lipinski definition) is 4. The second-order valence-electron chi connectivity index (χ2n) is 3.24. The highest BCUT2D eigenvalue weighted by molar-refractivity contribution is 5.52. The Morgan fingerprint density at radius 3 is 2.87 bits per heavy atom. The standard InChI is InChI=1S/C9H17N5O/c1-7-9(12-4-3-10)8(2)14(13-7)5-11-6-15/h6,12H,3-5,10H2,1-2H3,(H,11,15). The van der Waals surface area contributed by atoms with Gasteiger partial charge in [0.1, 0.15) is 6.67 Å². The fourth-order valence-corrected chi connectivity index (χ4v) is 1.43.